The van der Waals surface area contributed by atoms with Crippen molar-refractivity contribution in [3.8, 4) is 0 Å². The van der Waals surface area contributed by atoms with Crippen LogP contribution in [0.15, 0.2) is 24.0 Å². The molecule has 64 valence electrons. The maximum atomic E-state index is 3.94. The first-order chi connectivity index (χ1) is 5.11. The Morgan fingerprint density at radius 2 is 2.09 bits per heavy atom. The Hall–Kier alpha value is -0.720. The highest BCUT2D eigenvalue weighted by Crippen LogP contribution is 2.06. The van der Waals surface area contributed by atoms with Crippen LogP contribution in [0.5, 0.6) is 0 Å². The first-order valence-electron chi connectivity index (χ1n) is 4.22. The Morgan fingerprint density at radius 3 is 2.36 bits per heavy atom. The molecule has 0 aliphatic heterocycles. The zero-order chi connectivity index (χ0) is 8.85. The molecule has 0 bridgehead atoms. The van der Waals surface area contributed by atoms with Crippen molar-refractivity contribution in [2.45, 2.75) is 34.1 Å². The highest BCUT2D eigenvalue weighted by molar-refractivity contribution is 5.08. The van der Waals surface area contributed by atoms with E-state index in [9.17, 15) is 0 Å². The number of nitrogens with one attached hydrogen (secondary N) is 1. The molecule has 0 unspecified atom stereocenters. The fourth-order valence-electron chi connectivity index (χ4n) is 0.715. The van der Waals surface area contributed by atoms with E-state index in [4.69, 9.17) is 0 Å². The van der Waals surface area contributed by atoms with Crippen molar-refractivity contribution in [3.63, 3.8) is 0 Å². The van der Waals surface area contributed by atoms with Gasteiger partial charge in [0.2, 0.25) is 0 Å². The van der Waals surface area contributed by atoms with E-state index < -0.39 is 0 Å². The van der Waals surface area contributed by atoms with Crippen LogP contribution >= 0.6 is 0 Å². The van der Waals surface area contributed by atoms with Gasteiger partial charge in [0.05, 0.1) is 0 Å². The zero-order valence-electron chi connectivity index (χ0n) is 8.07. The molecule has 0 radical (unpaired) electrons. The molecule has 0 atom stereocenters. The van der Waals surface area contributed by atoms with Crippen LogP contribution in [-0.4, -0.2) is 0 Å². The second kappa shape index (κ2) is 5.00. The van der Waals surface area contributed by atoms with Gasteiger partial charge in [0.15, 0.2) is 0 Å². The van der Waals surface area contributed by atoms with E-state index in [-0.39, 0.29) is 0 Å². The van der Waals surface area contributed by atoms with E-state index in [1.807, 2.05) is 6.92 Å². The molecule has 1 heteroatoms. The van der Waals surface area contributed by atoms with Crippen molar-refractivity contribution >= 4 is 0 Å². The number of rotatable bonds is 4. The minimum atomic E-state index is 0.511. The first kappa shape index (κ1) is 10.3. The Labute approximate surface area is 70.2 Å². The third-order valence-electron chi connectivity index (χ3n) is 1.75. The summed E-state index contributed by atoms with van der Waals surface area (Å²) < 4.78 is 0. The molecule has 0 rings (SSSR count). The second-order valence-electron chi connectivity index (χ2n) is 2.97. The van der Waals surface area contributed by atoms with E-state index in [0.29, 0.717) is 5.92 Å². The third kappa shape index (κ3) is 3.87. The molecule has 0 saturated carbocycles. The standard InChI is InChI=1S/C10H19N/c1-6-10(7-2)11-9(5)8(3)4/h6,8,11H,5,7H2,1-4H3/b10-6-. The maximum Gasteiger partial charge on any atom is 0.0102 e. The Bertz CT molecular complexity index is 154. The summed E-state index contributed by atoms with van der Waals surface area (Å²) in [7, 11) is 0. The molecule has 1 N–H and O–H groups in total. The van der Waals surface area contributed by atoms with E-state index >= 15 is 0 Å². The fraction of sp³-hybridized carbons (Fsp3) is 0.600. The van der Waals surface area contributed by atoms with Gasteiger partial charge in [0.25, 0.3) is 0 Å². The van der Waals surface area contributed by atoms with E-state index in [0.717, 1.165) is 12.1 Å². The van der Waals surface area contributed by atoms with Gasteiger partial charge in [-0.1, -0.05) is 33.4 Å². The van der Waals surface area contributed by atoms with Crippen LogP contribution in [-0.2, 0) is 0 Å². The van der Waals surface area contributed by atoms with Gasteiger partial charge in [-0.2, -0.15) is 0 Å². The van der Waals surface area contributed by atoms with Crippen LogP contribution in [0.3, 0.4) is 0 Å². The molecular formula is C10H19N. The second-order valence-corrected chi connectivity index (χ2v) is 2.97. The lowest BCUT2D eigenvalue weighted by atomic mass is 10.1. The summed E-state index contributed by atoms with van der Waals surface area (Å²) in [5.41, 5.74) is 2.35. The fourth-order valence-corrected chi connectivity index (χ4v) is 0.715. The Morgan fingerprint density at radius 1 is 1.55 bits per heavy atom. The van der Waals surface area contributed by atoms with Gasteiger partial charge in [-0.25, -0.2) is 0 Å². The van der Waals surface area contributed by atoms with Gasteiger partial charge in [-0.15, -0.1) is 0 Å². The topological polar surface area (TPSA) is 12.0 Å². The number of allylic oxidation sites excluding steroid dienone is 3. The Balaban J connectivity index is 3.93. The highest BCUT2D eigenvalue weighted by Gasteiger charge is 1.99. The lowest BCUT2D eigenvalue weighted by Crippen LogP contribution is -2.15. The molecule has 0 aliphatic rings. The summed E-state index contributed by atoms with van der Waals surface area (Å²) in [6.45, 7) is 12.4. The predicted molar refractivity (Wildman–Crippen MR) is 51.2 cm³/mol. The molecule has 0 aromatic carbocycles. The van der Waals surface area contributed by atoms with Crippen molar-refractivity contribution in [1.29, 1.82) is 0 Å². The van der Waals surface area contributed by atoms with Gasteiger partial charge in [0, 0.05) is 11.4 Å². The van der Waals surface area contributed by atoms with E-state index in [2.05, 4.69) is 38.7 Å². The molecule has 0 amide bonds. The SMILES string of the molecule is C=C(N/C(=C\C)CC)C(C)C. The molecule has 0 spiro atoms. The molecule has 0 heterocycles. The van der Waals surface area contributed by atoms with Crippen LogP contribution in [0.1, 0.15) is 34.1 Å². The van der Waals surface area contributed by atoms with Gasteiger partial charge >= 0.3 is 0 Å². The summed E-state index contributed by atoms with van der Waals surface area (Å²) in [5.74, 6) is 0.511. The number of hydrogen-bond acceptors (Lipinski definition) is 1. The minimum absolute atomic E-state index is 0.511. The summed E-state index contributed by atoms with van der Waals surface area (Å²) >= 11 is 0. The largest absolute Gasteiger partial charge is 0.363 e. The van der Waals surface area contributed by atoms with Gasteiger partial charge in [0.1, 0.15) is 0 Å². The van der Waals surface area contributed by atoms with Gasteiger partial charge < -0.3 is 5.32 Å². The van der Waals surface area contributed by atoms with Crippen LogP contribution < -0.4 is 5.32 Å². The minimum Gasteiger partial charge on any atom is -0.363 e. The molecule has 0 aromatic rings. The molecule has 0 aliphatic carbocycles. The molecule has 0 fully saturated rings. The summed E-state index contributed by atoms with van der Waals surface area (Å²) in [4.78, 5) is 0. The lowest BCUT2D eigenvalue weighted by Gasteiger charge is -2.14. The average Bonchev–Trinajstić information content (AvgIpc) is 1.99. The van der Waals surface area contributed by atoms with Crippen LogP contribution in [0, 0.1) is 5.92 Å². The maximum absolute atomic E-state index is 3.94. The first-order valence-corrected chi connectivity index (χ1v) is 4.22. The average molecular weight is 153 g/mol. The molecule has 11 heavy (non-hydrogen) atoms. The highest BCUT2D eigenvalue weighted by atomic mass is 14.9. The van der Waals surface area contributed by atoms with Crippen molar-refractivity contribution < 1.29 is 0 Å². The molecule has 1 nitrogen and oxygen atoms in total. The Kier molecular flexibility index (Phi) is 4.67. The third-order valence-corrected chi connectivity index (χ3v) is 1.75. The predicted octanol–water partition coefficient (Wildman–Crippen LogP) is 3.06. The molecular weight excluding hydrogens is 134 g/mol. The number of hydrogen-bond donors (Lipinski definition) is 1. The lowest BCUT2D eigenvalue weighted by molar-refractivity contribution is 0.692. The van der Waals surface area contributed by atoms with Crippen molar-refractivity contribution in [3.05, 3.63) is 24.0 Å². The van der Waals surface area contributed by atoms with Crippen molar-refractivity contribution in [2.75, 3.05) is 0 Å². The molecule has 0 saturated heterocycles. The van der Waals surface area contributed by atoms with E-state index in [1.165, 1.54) is 5.70 Å². The smallest absolute Gasteiger partial charge is 0.0102 e. The zero-order valence-corrected chi connectivity index (χ0v) is 8.07. The van der Waals surface area contributed by atoms with Gasteiger partial charge in [-0.3, -0.25) is 0 Å². The van der Waals surface area contributed by atoms with Crippen LogP contribution in [0.2, 0.25) is 0 Å². The normalized spacial score (nSPS) is 11.9. The van der Waals surface area contributed by atoms with Crippen molar-refractivity contribution in [1.82, 2.24) is 5.32 Å². The van der Waals surface area contributed by atoms with Crippen LogP contribution in [0.25, 0.3) is 0 Å². The van der Waals surface area contributed by atoms with Crippen LogP contribution in [0.4, 0.5) is 0 Å². The van der Waals surface area contributed by atoms with Crippen molar-refractivity contribution in [2.24, 2.45) is 5.92 Å². The summed E-state index contributed by atoms with van der Waals surface area (Å²) in [6, 6.07) is 0. The van der Waals surface area contributed by atoms with E-state index in [1.54, 1.807) is 0 Å². The summed E-state index contributed by atoms with van der Waals surface area (Å²) in [5, 5.41) is 3.28. The monoisotopic (exact) mass is 153 g/mol. The quantitative estimate of drug-likeness (QED) is 0.654. The molecule has 0 aromatic heterocycles. The van der Waals surface area contributed by atoms with Gasteiger partial charge in [-0.05, 0) is 19.3 Å². The summed E-state index contributed by atoms with van der Waals surface area (Å²) in [6.07, 6.45) is 3.13.